The number of rotatable bonds is 6. The minimum atomic E-state index is 0.0714. The largest absolute Gasteiger partial charge is 0.286 e. The Kier molecular flexibility index (Phi) is 7.00. The standard InChI is InChI=1S/C8H17N3OS/c1-7(2)11(8(3)13)10-12-6-4-5-9/h7-8,10,13H,4,6H2,1-3H3. The average molecular weight is 203 g/mol. The zero-order chi connectivity index (χ0) is 10.3. The summed E-state index contributed by atoms with van der Waals surface area (Å²) < 4.78 is 0. The number of nitriles is 1. The van der Waals surface area contributed by atoms with Crippen molar-refractivity contribution in [2.45, 2.75) is 38.6 Å². The predicted molar refractivity (Wildman–Crippen MR) is 54.7 cm³/mol. The predicted octanol–water partition coefficient (Wildman–Crippen LogP) is 1.32. The molecule has 13 heavy (non-hydrogen) atoms. The van der Waals surface area contributed by atoms with E-state index in [0.29, 0.717) is 19.1 Å². The van der Waals surface area contributed by atoms with E-state index in [0.717, 1.165) is 0 Å². The molecule has 0 aliphatic heterocycles. The number of hydrogen-bond acceptors (Lipinski definition) is 5. The summed E-state index contributed by atoms with van der Waals surface area (Å²) in [5.41, 5.74) is 2.76. The lowest BCUT2D eigenvalue weighted by molar-refractivity contribution is -0.0988. The molecular formula is C8H17N3OS. The maximum absolute atomic E-state index is 8.26. The van der Waals surface area contributed by atoms with Crippen LogP contribution in [-0.2, 0) is 4.84 Å². The van der Waals surface area contributed by atoms with Crippen LogP contribution in [0.5, 0.6) is 0 Å². The first kappa shape index (κ1) is 12.7. The normalized spacial score (nSPS) is 13.3. The highest BCUT2D eigenvalue weighted by Crippen LogP contribution is 2.04. The molecule has 0 saturated carbocycles. The van der Waals surface area contributed by atoms with Crippen molar-refractivity contribution in [2.75, 3.05) is 6.61 Å². The first-order chi connectivity index (χ1) is 6.09. The van der Waals surface area contributed by atoms with Gasteiger partial charge in [0.15, 0.2) is 0 Å². The second kappa shape index (κ2) is 7.15. The molecule has 0 aromatic heterocycles. The van der Waals surface area contributed by atoms with Crippen molar-refractivity contribution >= 4 is 12.6 Å². The Morgan fingerprint density at radius 2 is 2.15 bits per heavy atom. The van der Waals surface area contributed by atoms with Crippen molar-refractivity contribution in [3.05, 3.63) is 0 Å². The first-order valence-corrected chi connectivity index (χ1v) is 4.82. The van der Waals surface area contributed by atoms with Crippen LogP contribution in [0.1, 0.15) is 27.2 Å². The second-order valence-electron chi connectivity index (χ2n) is 2.98. The van der Waals surface area contributed by atoms with E-state index in [-0.39, 0.29) is 5.37 Å². The molecule has 1 atom stereocenters. The van der Waals surface area contributed by atoms with Gasteiger partial charge < -0.3 is 0 Å². The van der Waals surface area contributed by atoms with E-state index in [9.17, 15) is 0 Å². The van der Waals surface area contributed by atoms with Crippen LogP contribution in [0.15, 0.2) is 0 Å². The van der Waals surface area contributed by atoms with Crippen molar-refractivity contribution in [3.63, 3.8) is 0 Å². The molecule has 0 saturated heterocycles. The molecule has 0 radical (unpaired) electrons. The van der Waals surface area contributed by atoms with Gasteiger partial charge in [-0.25, -0.2) is 5.01 Å². The van der Waals surface area contributed by atoms with Crippen LogP contribution >= 0.6 is 12.6 Å². The van der Waals surface area contributed by atoms with Gasteiger partial charge in [-0.05, 0) is 20.8 Å². The third kappa shape index (κ3) is 5.88. The van der Waals surface area contributed by atoms with E-state index < -0.39 is 0 Å². The summed E-state index contributed by atoms with van der Waals surface area (Å²) in [5, 5.41) is 10.2. The van der Waals surface area contributed by atoms with Crippen molar-refractivity contribution in [1.82, 2.24) is 10.6 Å². The smallest absolute Gasteiger partial charge is 0.0828 e. The summed E-state index contributed by atoms with van der Waals surface area (Å²) in [6.45, 7) is 6.41. The summed E-state index contributed by atoms with van der Waals surface area (Å²) in [4.78, 5) is 5.06. The van der Waals surface area contributed by atoms with Gasteiger partial charge in [0.2, 0.25) is 0 Å². The summed E-state index contributed by atoms with van der Waals surface area (Å²) in [5.74, 6) is 0. The van der Waals surface area contributed by atoms with Crippen LogP contribution in [0.2, 0.25) is 0 Å². The maximum atomic E-state index is 8.26. The van der Waals surface area contributed by atoms with Crippen LogP contribution in [0.25, 0.3) is 0 Å². The highest BCUT2D eigenvalue weighted by Gasteiger charge is 2.12. The molecule has 76 valence electrons. The maximum Gasteiger partial charge on any atom is 0.0828 e. The molecule has 0 rings (SSSR count). The van der Waals surface area contributed by atoms with Crippen LogP contribution in [0, 0.1) is 11.3 Å². The lowest BCUT2D eigenvalue weighted by atomic mass is 10.4. The lowest BCUT2D eigenvalue weighted by Crippen LogP contribution is -2.46. The van der Waals surface area contributed by atoms with E-state index in [2.05, 4.69) is 18.2 Å². The molecule has 0 aliphatic carbocycles. The van der Waals surface area contributed by atoms with Gasteiger partial charge in [0.05, 0.1) is 24.5 Å². The molecule has 5 heteroatoms. The fourth-order valence-electron chi connectivity index (χ4n) is 0.830. The van der Waals surface area contributed by atoms with Crippen molar-refractivity contribution < 1.29 is 4.84 Å². The molecule has 0 fully saturated rings. The molecule has 0 bridgehead atoms. The molecule has 1 unspecified atom stereocenters. The quantitative estimate of drug-likeness (QED) is 0.296. The van der Waals surface area contributed by atoms with Gasteiger partial charge in [0.1, 0.15) is 0 Å². The van der Waals surface area contributed by atoms with Gasteiger partial charge in [-0.15, -0.1) is 5.59 Å². The Hall–Kier alpha value is -0.280. The highest BCUT2D eigenvalue weighted by molar-refractivity contribution is 7.80. The molecule has 0 amide bonds. The fraction of sp³-hybridized carbons (Fsp3) is 0.875. The van der Waals surface area contributed by atoms with Crippen LogP contribution in [0.4, 0.5) is 0 Å². The zero-order valence-electron chi connectivity index (χ0n) is 8.32. The minimum Gasteiger partial charge on any atom is -0.286 e. The molecule has 4 nitrogen and oxygen atoms in total. The fourth-order valence-corrected chi connectivity index (χ4v) is 1.14. The van der Waals surface area contributed by atoms with E-state index in [4.69, 9.17) is 10.1 Å². The molecule has 1 N–H and O–H groups in total. The number of hydrazine groups is 1. The lowest BCUT2D eigenvalue weighted by Gasteiger charge is -2.29. The van der Waals surface area contributed by atoms with Crippen LogP contribution in [-0.4, -0.2) is 23.0 Å². The van der Waals surface area contributed by atoms with Crippen LogP contribution < -0.4 is 5.59 Å². The Labute approximate surface area is 85.2 Å². The number of thiol groups is 1. The van der Waals surface area contributed by atoms with E-state index >= 15 is 0 Å². The van der Waals surface area contributed by atoms with Gasteiger partial charge in [-0.2, -0.15) is 17.9 Å². The molecule has 0 aromatic carbocycles. The second-order valence-corrected chi connectivity index (χ2v) is 3.73. The third-order valence-corrected chi connectivity index (χ3v) is 1.69. The van der Waals surface area contributed by atoms with Gasteiger partial charge >= 0.3 is 0 Å². The zero-order valence-corrected chi connectivity index (χ0v) is 9.21. The third-order valence-electron chi connectivity index (χ3n) is 1.44. The Balaban J connectivity index is 3.65. The van der Waals surface area contributed by atoms with Gasteiger partial charge in [-0.3, -0.25) is 4.84 Å². The average Bonchev–Trinajstić information content (AvgIpc) is 2.02. The van der Waals surface area contributed by atoms with E-state index in [1.54, 1.807) is 0 Å². The summed E-state index contributed by atoms with van der Waals surface area (Å²) in [6.07, 6.45) is 0.389. The number of nitrogens with zero attached hydrogens (tertiary/aromatic N) is 2. The minimum absolute atomic E-state index is 0.0714. The molecule has 0 aromatic rings. The Bertz CT molecular complexity index is 159. The summed E-state index contributed by atoms with van der Waals surface area (Å²) >= 11 is 4.28. The highest BCUT2D eigenvalue weighted by atomic mass is 32.1. The van der Waals surface area contributed by atoms with Crippen LogP contribution in [0.3, 0.4) is 0 Å². The summed E-state index contributed by atoms with van der Waals surface area (Å²) in [7, 11) is 0. The van der Waals surface area contributed by atoms with Crippen molar-refractivity contribution in [1.29, 1.82) is 5.26 Å². The number of hydrogen-bond donors (Lipinski definition) is 2. The van der Waals surface area contributed by atoms with E-state index in [1.807, 2.05) is 31.8 Å². The SMILES string of the molecule is CC(C)N(NOCCC#N)C(C)S. The van der Waals surface area contributed by atoms with E-state index in [1.165, 1.54) is 0 Å². The summed E-state index contributed by atoms with van der Waals surface area (Å²) in [6, 6.07) is 2.30. The molecular weight excluding hydrogens is 186 g/mol. The van der Waals surface area contributed by atoms with Gasteiger partial charge in [-0.1, -0.05) is 0 Å². The van der Waals surface area contributed by atoms with Crippen molar-refractivity contribution in [2.24, 2.45) is 0 Å². The van der Waals surface area contributed by atoms with Crippen molar-refractivity contribution in [3.8, 4) is 6.07 Å². The topological polar surface area (TPSA) is 48.3 Å². The molecule has 0 heterocycles. The Morgan fingerprint density at radius 1 is 1.54 bits per heavy atom. The molecule has 0 aliphatic rings. The first-order valence-electron chi connectivity index (χ1n) is 4.30. The van der Waals surface area contributed by atoms with Gasteiger partial charge in [0.25, 0.3) is 0 Å². The Morgan fingerprint density at radius 3 is 2.54 bits per heavy atom. The molecule has 0 spiro atoms. The monoisotopic (exact) mass is 203 g/mol. The van der Waals surface area contributed by atoms with Gasteiger partial charge in [0, 0.05) is 6.04 Å². The number of nitrogens with one attached hydrogen (secondary N) is 1.